The first kappa shape index (κ1) is 15.4. The fourth-order valence-electron chi connectivity index (χ4n) is 5.43. The van der Waals surface area contributed by atoms with Crippen molar-refractivity contribution in [3.05, 3.63) is 29.8 Å². The van der Waals surface area contributed by atoms with Crippen LogP contribution in [0.5, 0.6) is 5.75 Å². The molecule has 4 heterocycles. The lowest BCUT2D eigenvalue weighted by molar-refractivity contribution is -0.266. The Balaban J connectivity index is 1.69. The van der Waals surface area contributed by atoms with Crippen molar-refractivity contribution in [3.8, 4) is 5.75 Å². The third-order valence-electron chi connectivity index (χ3n) is 6.75. The lowest BCUT2D eigenvalue weighted by Crippen LogP contribution is -2.78. The molecule has 0 radical (unpaired) electrons. The first-order chi connectivity index (χ1) is 11.1. The Hall–Kier alpha value is -1.10. The molecule has 0 aromatic heterocycles. The molecular formula is C19H28N2O2. The van der Waals surface area contributed by atoms with Crippen LogP contribution < -0.4 is 4.74 Å². The smallest absolute Gasteiger partial charge is 0.118 e. The number of ether oxygens (including phenoxy) is 1. The Morgan fingerprint density at radius 3 is 1.87 bits per heavy atom. The zero-order valence-corrected chi connectivity index (χ0v) is 14.5. The van der Waals surface area contributed by atoms with Crippen LogP contribution in [0.2, 0.25) is 0 Å². The molecule has 4 saturated heterocycles. The van der Waals surface area contributed by atoms with Crippen LogP contribution in [-0.4, -0.2) is 54.3 Å². The molecule has 0 spiro atoms. The quantitative estimate of drug-likeness (QED) is 0.926. The van der Waals surface area contributed by atoms with Crippen LogP contribution in [0, 0.1) is 10.8 Å². The molecule has 4 nitrogen and oxygen atoms in total. The summed E-state index contributed by atoms with van der Waals surface area (Å²) in [4.78, 5) is 5.21. The number of hydrogen-bond donors (Lipinski definition) is 1. The van der Waals surface area contributed by atoms with E-state index in [0.29, 0.717) is 6.17 Å². The number of nitrogens with zero attached hydrogens (tertiary/aromatic N) is 2. The van der Waals surface area contributed by atoms with E-state index in [1.807, 2.05) is 0 Å². The van der Waals surface area contributed by atoms with Gasteiger partial charge in [-0.1, -0.05) is 26.0 Å². The largest absolute Gasteiger partial charge is 0.497 e. The van der Waals surface area contributed by atoms with Crippen molar-refractivity contribution in [2.75, 3.05) is 33.3 Å². The zero-order chi connectivity index (χ0) is 16.2. The molecule has 0 amide bonds. The number of aliphatic hydroxyl groups is 1. The topological polar surface area (TPSA) is 35.9 Å². The van der Waals surface area contributed by atoms with Crippen LogP contribution in [0.1, 0.15) is 38.4 Å². The van der Waals surface area contributed by atoms with Gasteiger partial charge in [-0.05, 0) is 30.5 Å². The maximum absolute atomic E-state index is 11.1. The van der Waals surface area contributed by atoms with E-state index in [4.69, 9.17) is 4.74 Å². The van der Waals surface area contributed by atoms with Gasteiger partial charge in [0.05, 0.1) is 19.4 Å². The van der Waals surface area contributed by atoms with E-state index in [-0.39, 0.29) is 16.9 Å². The minimum Gasteiger partial charge on any atom is -0.497 e. The average Bonchev–Trinajstić information content (AvgIpc) is 2.58. The number of methoxy groups -OCH3 is 1. The lowest BCUT2D eigenvalue weighted by atomic mass is 9.57. The van der Waals surface area contributed by atoms with Gasteiger partial charge < -0.3 is 9.84 Å². The van der Waals surface area contributed by atoms with Crippen molar-refractivity contribution in [3.63, 3.8) is 0 Å². The third-order valence-corrected chi connectivity index (χ3v) is 6.75. The summed E-state index contributed by atoms with van der Waals surface area (Å²) in [5.41, 5.74) is 1.45. The Morgan fingerprint density at radius 2 is 1.48 bits per heavy atom. The van der Waals surface area contributed by atoms with E-state index >= 15 is 0 Å². The molecule has 4 bridgehead atoms. The van der Waals surface area contributed by atoms with Gasteiger partial charge in [-0.15, -0.1) is 0 Å². The molecule has 4 aliphatic rings. The summed E-state index contributed by atoms with van der Waals surface area (Å²) in [6, 6.07) is 8.50. The lowest BCUT2D eigenvalue weighted by Gasteiger charge is -2.69. The predicted octanol–water partition coefficient (Wildman–Crippen LogP) is 2.49. The Morgan fingerprint density at radius 1 is 1.00 bits per heavy atom. The van der Waals surface area contributed by atoms with Crippen molar-refractivity contribution in [1.29, 1.82) is 0 Å². The molecule has 126 valence electrons. The van der Waals surface area contributed by atoms with Crippen LogP contribution in [0.4, 0.5) is 0 Å². The summed E-state index contributed by atoms with van der Waals surface area (Å²) in [6.45, 7) is 8.53. The Bertz CT molecular complexity index is 546. The molecule has 0 unspecified atom stereocenters. The zero-order valence-electron chi connectivity index (χ0n) is 14.5. The molecule has 1 aromatic rings. The molecule has 0 saturated carbocycles. The highest BCUT2D eigenvalue weighted by Gasteiger charge is 2.63. The highest BCUT2D eigenvalue weighted by molar-refractivity contribution is 5.31. The molecule has 1 N–H and O–H groups in total. The monoisotopic (exact) mass is 316 g/mol. The van der Waals surface area contributed by atoms with Crippen LogP contribution in [-0.2, 0) is 0 Å². The van der Waals surface area contributed by atoms with E-state index < -0.39 is 0 Å². The molecule has 23 heavy (non-hydrogen) atoms. The summed E-state index contributed by atoms with van der Waals surface area (Å²) in [6.07, 6.45) is 2.30. The molecule has 0 aliphatic carbocycles. The van der Waals surface area contributed by atoms with Gasteiger partial charge in [-0.3, -0.25) is 9.80 Å². The van der Waals surface area contributed by atoms with Gasteiger partial charge in [0.25, 0.3) is 0 Å². The van der Waals surface area contributed by atoms with Crippen molar-refractivity contribution < 1.29 is 9.84 Å². The molecule has 1 aromatic carbocycles. The van der Waals surface area contributed by atoms with Crippen molar-refractivity contribution in [2.24, 2.45) is 10.8 Å². The van der Waals surface area contributed by atoms with Gasteiger partial charge in [0, 0.05) is 37.0 Å². The predicted molar refractivity (Wildman–Crippen MR) is 90.3 cm³/mol. The summed E-state index contributed by atoms with van der Waals surface area (Å²) >= 11 is 0. The highest BCUT2D eigenvalue weighted by Crippen LogP contribution is 2.56. The van der Waals surface area contributed by atoms with Gasteiger partial charge in [0.1, 0.15) is 5.75 Å². The fourth-order valence-corrected chi connectivity index (χ4v) is 5.43. The van der Waals surface area contributed by atoms with Gasteiger partial charge in [0.15, 0.2) is 0 Å². The number of rotatable bonds is 4. The molecular weight excluding hydrogens is 288 g/mol. The first-order valence-corrected chi connectivity index (χ1v) is 8.87. The minimum atomic E-state index is -0.158. The SMILES string of the molecule is CCC12CN3CC(CC)(CN(C1)C3c1ccc(OC)cc1)C2O. The van der Waals surface area contributed by atoms with Crippen LogP contribution in [0.3, 0.4) is 0 Å². The second-order valence-corrected chi connectivity index (χ2v) is 7.79. The van der Waals surface area contributed by atoms with Gasteiger partial charge in [-0.2, -0.15) is 0 Å². The normalized spacial score (nSPS) is 44.5. The van der Waals surface area contributed by atoms with Crippen LogP contribution in [0.15, 0.2) is 24.3 Å². The molecule has 4 heteroatoms. The van der Waals surface area contributed by atoms with Crippen LogP contribution >= 0.6 is 0 Å². The summed E-state index contributed by atoms with van der Waals surface area (Å²) in [5, 5.41) is 11.1. The van der Waals surface area contributed by atoms with Crippen LogP contribution in [0.25, 0.3) is 0 Å². The summed E-state index contributed by atoms with van der Waals surface area (Å²) < 4.78 is 5.30. The Kier molecular flexibility index (Phi) is 3.49. The average molecular weight is 316 g/mol. The fraction of sp³-hybridized carbons (Fsp3) is 0.684. The maximum atomic E-state index is 11.1. The van der Waals surface area contributed by atoms with E-state index in [0.717, 1.165) is 44.8 Å². The van der Waals surface area contributed by atoms with Gasteiger partial charge in [0.2, 0.25) is 0 Å². The van der Waals surface area contributed by atoms with Gasteiger partial charge >= 0.3 is 0 Å². The van der Waals surface area contributed by atoms with E-state index in [1.165, 1.54) is 5.56 Å². The highest BCUT2D eigenvalue weighted by atomic mass is 16.5. The molecule has 5 rings (SSSR count). The molecule has 4 fully saturated rings. The standard InChI is InChI=1S/C19H28N2O2/c1-4-18-10-20-12-19(5-2,17(18)22)13-21(11-18)16(20)14-6-8-15(23-3)9-7-14/h6-9,16-17,22H,4-5,10-13H2,1-3H3. The number of hydrogen-bond acceptors (Lipinski definition) is 4. The van der Waals surface area contributed by atoms with Gasteiger partial charge in [-0.25, -0.2) is 0 Å². The van der Waals surface area contributed by atoms with Crippen molar-refractivity contribution >= 4 is 0 Å². The first-order valence-electron chi connectivity index (χ1n) is 8.87. The van der Waals surface area contributed by atoms with E-state index in [9.17, 15) is 5.11 Å². The van der Waals surface area contributed by atoms with E-state index in [2.05, 4.69) is 47.9 Å². The third kappa shape index (κ3) is 2.01. The minimum absolute atomic E-state index is 0.0511. The summed E-state index contributed by atoms with van der Waals surface area (Å²) in [5.74, 6) is 0.910. The summed E-state index contributed by atoms with van der Waals surface area (Å²) in [7, 11) is 1.71. The van der Waals surface area contributed by atoms with E-state index in [1.54, 1.807) is 7.11 Å². The molecule has 0 atom stereocenters. The number of benzene rings is 1. The molecule has 4 aliphatic heterocycles. The Labute approximate surface area is 139 Å². The second kappa shape index (κ2) is 5.20. The van der Waals surface area contributed by atoms with Crippen molar-refractivity contribution in [2.45, 2.75) is 39.0 Å². The number of piperidine rings is 2. The number of aliphatic hydroxyl groups excluding tert-OH is 1. The van der Waals surface area contributed by atoms with Crippen molar-refractivity contribution in [1.82, 2.24) is 9.80 Å². The maximum Gasteiger partial charge on any atom is 0.118 e. The second-order valence-electron chi connectivity index (χ2n) is 7.79.